The third-order valence-corrected chi connectivity index (χ3v) is 6.35. The number of carbonyl (C=O) groups excluding carboxylic acids is 4. The van der Waals surface area contributed by atoms with Crippen molar-refractivity contribution in [2.75, 3.05) is 26.2 Å². The fourth-order valence-corrected chi connectivity index (χ4v) is 4.24. The minimum atomic E-state index is -0.612. The molecule has 276 valence electrons. The maximum atomic E-state index is 12.9. The Balaban J connectivity index is 4.91. The first-order chi connectivity index (χ1) is 21.3. The normalized spacial score (nSPS) is 13.6. The molecule has 0 rings (SSSR count). The van der Waals surface area contributed by atoms with Gasteiger partial charge in [0.1, 0.15) is 22.4 Å². The zero-order valence-corrected chi connectivity index (χ0v) is 32.1. The molecule has 0 spiro atoms. The molecule has 0 aliphatic heterocycles. The van der Waals surface area contributed by atoms with Gasteiger partial charge in [-0.3, -0.25) is 0 Å². The Morgan fingerprint density at radius 1 is 0.468 bits per heavy atom. The van der Waals surface area contributed by atoms with Gasteiger partial charge in [-0.2, -0.15) is 0 Å². The van der Waals surface area contributed by atoms with Crippen molar-refractivity contribution >= 4 is 24.4 Å². The second-order valence-corrected chi connectivity index (χ2v) is 16.4. The van der Waals surface area contributed by atoms with E-state index in [4.69, 9.17) is 18.9 Å². The molecule has 2 atom stereocenters. The van der Waals surface area contributed by atoms with Crippen molar-refractivity contribution in [2.45, 2.75) is 176 Å². The SMILES string of the molecule is CC(CCN(CCCCCCCN(CCC(C)NC(=O)OC(C)(C)C)C(=O)OC(C)(C)C)C(=O)OC(C)(C)C)NC(=O)OC(C)(C)C. The zero-order chi connectivity index (χ0) is 36.6. The summed E-state index contributed by atoms with van der Waals surface area (Å²) < 4.78 is 21.9. The maximum absolute atomic E-state index is 12.9. The quantitative estimate of drug-likeness (QED) is 0.124. The molecule has 0 saturated heterocycles. The van der Waals surface area contributed by atoms with Crippen LogP contribution in [-0.2, 0) is 18.9 Å². The molecule has 0 aromatic heterocycles. The van der Waals surface area contributed by atoms with E-state index in [0.29, 0.717) is 39.0 Å². The number of rotatable bonds is 16. The van der Waals surface area contributed by atoms with Gasteiger partial charge in [-0.05, 0) is 123 Å². The minimum absolute atomic E-state index is 0.182. The molecule has 0 aromatic rings. The van der Waals surface area contributed by atoms with Gasteiger partial charge in [-0.15, -0.1) is 0 Å². The molecule has 0 heterocycles. The highest BCUT2D eigenvalue weighted by molar-refractivity contribution is 5.69. The lowest BCUT2D eigenvalue weighted by atomic mass is 10.1. The molecule has 0 radical (unpaired) electrons. The summed E-state index contributed by atoms with van der Waals surface area (Å²) in [5, 5.41) is 5.66. The summed E-state index contributed by atoms with van der Waals surface area (Å²) in [7, 11) is 0. The Hall–Kier alpha value is -2.92. The van der Waals surface area contributed by atoms with Crippen LogP contribution < -0.4 is 10.6 Å². The van der Waals surface area contributed by atoms with Crippen LogP contribution in [0.4, 0.5) is 19.2 Å². The van der Waals surface area contributed by atoms with Crippen molar-refractivity contribution in [1.29, 1.82) is 0 Å². The molecule has 2 unspecified atom stereocenters. The predicted molar refractivity (Wildman–Crippen MR) is 186 cm³/mol. The fraction of sp³-hybridized carbons (Fsp3) is 0.886. The lowest BCUT2D eigenvalue weighted by molar-refractivity contribution is 0.0230. The van der Waals surface area contributed by atoms with Crippen LogP contribution >= 0.6 is 0 Å². The number of ether oxygens (including phenoxy) is 4. The Kier molecular flexibility index (Phi) is 18.6. The van der Waals surface area contributed by atoms with Gasteiger partial charge in [0.15, 0.2) is 0 Å². The van der Waals surface area contributed by atoms with Gasteiger partial charge in [-0.25, -0.2) is 19.2 Å². The molecule has 0 aliphatic rings. The number of nitrogens with zero attached hydrogens (tertiary/aromatic N) is 2. The largest absolute Gasteiger partial charge is 0.444 e. The lowest BCUT2D eigenvalue weighted by Crippen LogP contribution is -2.42. The lowest BCUT2D eigenvalue weighted by Gasteiger charge is -2.29. The van der Waals surface area contributed by atoms with Gasteiger partial charge >= 0.3 is 24.4 Å². The number of nitrogens with one attached hydrogen (secondary N) is 2. The van der Waals surface area contributed by atoms with Crippen molar-refractivity contribution in [1.82, 2.24) is 20.4 Å². The summed E-state index contributed by atoms with van der Waals surface area (Å²) in [6.45, 7) is 27.7. The molecule has 0 aliphatic carbocycles. The Morgan fingerprint density at radius 2 is 0.745 bits per heavy atom. The van der Waals surface area contributed by atoms with Crippen molar-refractivity contribution in [3.05, 3.63) is 0 Å². The van der Waals surface area contributed by atoms with Crippen molar-refractivity contribution in [3.63, 3.8) is 0 Å². The van der Waals surface area contributed by atoms with Crippen molar-refractivity contribution in [2.24, 2.45) is 0 Å². The van der Waals surface area contributed by atoms with Gasteiger partial charge < -0.3 is 39.4 Å². The number of unbranched alkanes of at least 4 members (excludes halogenated alkanes) is 4. The van der Waals surface area contributed by atoms with E-state index in [1.54, 1.807) is 9.80 Å². The van der Waals surface area contributed by atoms with Gasteiger partial charge in [0.25, 0.3) is 0 Å². The maximum Gasteiger partial charge on any atom is 0.410 e. The first-order valence-corrected chi connectivity index (χ1v) is 17.2. The van der Waals surface area contributed by atoms with E-state index in [1.807, 2.05) is 96.9 Å². The van der Waals surface area contributed by atoms with Crippen LogP contribution in [0, 0.1) is 0 Å². The Bertz CT molecular complexity index is 885. The molecule has 0 saturated carbocycles. The van der Waals surface area contributed by atoms with Gasteiger partial charge in [0, 0.05) is 38.3 Å². The Labute approximate surface area is 285 Å². The smallest absolute Gasteiger partial charge is 0.410 e. The third-order valence-electron chi connectivity index (χ3n) is 6.35. The first-order valence-electron chi connectivity index (χ1n) is 17.2. The van der Waals surface area contributed by atoms with Gasteiger partial charge in [0.05, 0.1) is 0 Å². The Morgan fingerprint density at radius 3 is 1.02 bits per heavy atom. The summed E-state index contributed by atoms with van der Waals surface area (Å²) in [5.41, 5.74) is -2.39. The third kappa shape index (κ3) is 25.8. The average Bonchev–Trinajstić information content (AvgIpc) is 2.82. The fourth-order valence-electron chi connectivity index (χ4n) is 4.24. The van der Waals surface area contributed by atoms with E-state index in [9.17, 15) is 19.2 Å². The molecule has 12 heteroatoms. The van der Waals surface area contributed by atoms with E-state index < -0.39 is 34.6 Å². The zero-order valence-electron chi connectivity index (χ0n) is 32.1. The van der Waals surface area contributed by atoms with E-state index in [-0.39, 0.29) is 24.3 Å². The van der Waals surface area contributed by atoms with Crippen LogP contribution in [0.15, 0.2) is 0 Å². The summed E-state index contributed by atoms with van der Waals surface area (Å²) in [5.74, 6) is 0. The molecule has 47 heavy (non-hydrogen) atoms. The highest BCUT2D eigenvalue weighted by atomic mass is 16.6. The highest BCUT2D eigenvalue weighted by Gasteiger charge is 2.25. The molecule has 12 nitrogen and oxygen atoms in total. The topological polar surface area (TPSA) is 136 Å². The van der Waals surface area contributed by atoms with Crippen LogP contribution in [0.25, 0.3) is 0 Å². The van der Waals surface area contributed by atoms with E-state index in [0.717, 1.165) is 32.1 Å². The molecule has 4 amide bonds. The monoisotopic (exact) mass is 673 g/mol. The first kappa shape index (κ1) is 44.1. The van der Waals surface area contributed by atoms with Crippen molar-refractivity contribution < 1.29 is 38.1 Å². The number of alkyl carbamates (subject to hydrolysis) is 2. The van der Waals surface area contributed by atoms with Crippen LogP contribution in [0.5, 0.6) is 0 Å². The summed E-state index contributed by atoms with van der Waals surface area (Å²) in [6.07, 6.45) is 3.79. The van der Waals surface area contributed by atoms with Crippen LogP contribution in [-0.4, -0.2) is 94.8 Å². The number of carbonyl (C=O) groups is 4. The van der Waals surface area contributed by atoms with E-state index >= 15 is 0 Å². The van der Waals surface area contributed by atoms with Gasteiger partial charge in [0.2, 0.25) is 0 Å². The minimum Gasteiger partial charge on any atom is -0.444 e. The summed E-state index contributed by atoms with van der Waals surface area (Å²) in [4.78, 5) is 53.5. The van der Waals surface area contributed by atoms with Crippen molar-refractivity contribution in [3.8, 4) is 0 Å². The molecular weight excluding hydrogens is 604 g/mol. The van der Waals surface area contributed by atoms with Crippen LogP contribution in [0.3, 0.4) is 0 Å². The second kappa shape index (κ2) is 19.8. The molecule has 0 fully saturated rings. The highest BCUT2D eigenvalue weighted by Crippen LogP contribution is 2.15. The number of hydrogen-bond donors (Lipinski definition) is 2. The van der Waals surface area contributed by atoms with Crippen LogP contribution in [0.1, 0.15) is 142 Å². The summed E-state index contributed by atoms with van der Waals surface area (Å²) in [6, 6.07) is -0.363. The number of hydrogen-bond acceptors (Lipinski definition) is 8. The molecule has 2 N–H and O–H groups in total. The average molecular weight is 673 g/mol. The molecular formula is C35H68N4O8. The summed E-state index contributed by atoms with van der Waals surface area (Å²) >= 11 is 0. The van der Waals surface area contributed by atoms with Crippen LogP contribution in [0.2, 0.25) is 0 Å². The predicted octanol–water partition coefficient (Wildman–Crippen LogP) is 8.02. The second-order valence-electron chi connectivity index (χ2n) is 16.4. The standard InChI is InChI=1S/C35H68N4O8/c1-26(36-28(40)44-32(3,4)5)20-24-38(30(42)46-34(9,10)11)22-18-16-15-17-19-23-39(31(43)47-35(12,13)14)25-21-27(2)37-29(41)45-33(6,7)8/h26-27H,15-25H2,1-14H3,(H,36,40)(H,37,41). The van der Waals surface area contributed by atoms with Gasteiger partial charge in [-0.1, -0.05) is 19.3 Å². The van der Waals surface area contributed by atoms with E-state index in [1.165, 1.54) is 0 Å². The molecule has 0 bridgehead atoms. The molecule has 0 aromatic carbocycles. The number of amides is 4. The van der Waals surface area contributed by atoms with E-state index in [2.05, 4.69) is 10.6 Å².